The molecular weight excluding hydrogens is 259 g/mol. The number of halogens is 2. The molecular formula is C11H14BrFN2. The summed E-state index contributed by atoms with van der Waals surface area (Å²) in [5.74, 6) is 5.14. The third kappa shape index (κ3) is 3.41. The first-order valence-electron chi connectivity index (χ1n) is 4.69. The lowest BCUT2D eigenvalue weighted by atomic mass is 10.0. The van der Waals surface area contributed by atoms with E-state index in [1.54, 1.807) is 12.1 Å². The van der Waals surface area contributed by atoms with Crippen molar-refractivity contribution in [2.75, 3.05) is 0 Å². The SMILES string of the molecule is C=CCC(Cc1cccc(F)c1Br)NN. The Balaban J connectivity index is 2.78. The summed E-state index contributed by atoms with van der Waals surface area (Å²) in [6, 6.07) is 5.07. The van der Waals surface area contributed by atoms with Gasteiger partial charge in [0.1, 0.15) is 5.82 Å². The first-order chi connectivity index (χ1) is 7.19. The monoisotopic (exact) mass is 272 g/mol. The molecule has 0 aliphatic heterocycles. The quantitative estimate of drug-likeness (QED) is 0.491. The fourth-order valence-corrected chi connectivity index (χ4v) is 1.81. The molecule has 0 spiro atoms. The molecule has 2 nitrogen and oxygen atoms in total. The molecule has 1 rings (SSSR count). The highest BCUT2D eigenvalue weighted by atomic mass is 79.9. The minimum atomic E-state index is -0.248. The number of hydrazine groups is 1. The maximum Gasteiger partial charge on any atom is 0.137 e. The standard InChI is InChI=1S/C11H14BrFN2/c1-2-4-9(15-14)7-8-5-3-6-10(13)11(8)12/h2-3,5-6,9,15H,1,4,7,14H2. The summed E-state index contributed by atoms with van der Waals surface area (Å²) < 4.78 is 13.7. The van der Waals surface area contributed by atoms with Crippen LogP contribution in [0.3, 0.4) is 0 Å². The maximum atomic E-state index is 13.2. The van der Waals surface area contributed by atoms with Crippen LogP contribution in [0.2, 0.25) is 0 Å². The fraction of sp³-hybridized carbons (Fsp3) is 0.273. The van der Waals surface area contributed by atoms with Gasteiger partial charge in [-0.05, 0) is 40.4 Å². The van der Waals surface area contributed by atoms with E-state index in [1.807, 2.05) is 6.07 Å². The van der Waals surface area contributed by atoms with Gasteiger partial charge in [-0.15, -0.1) is 6.58 Å². The lowest BCUT2D eigenvalue weighted by molar-refractivity contribution is 0.527. The smallest absolute Gasteiger partial charge is 0.137 e. The minimum absolute atomic E-state index is 0.0839. The fourth-order valence-electron chi connectivity index (χ4n) is 1.38. The van der Waals surface area contributed by atoms with Gasteiger partial charge in [-0.2, -0.15) is 0 Å². The molecule has 0 amide bonds. The predicted molar refractivity (Wildman–Crippen MR) is 63.7 cm³/mol. The Morgan fingerprint density at radius 2 is 2.33 bits per heavy atom. The normalized spacial score (nSPS) is 12.5. The van der Waals surface area contributed by atoms with Crippen LogP contribution in [0.5, 0.6) is 0 Å². The Bertz CT molecular complexity index is 341. The van der Waals surface area contributed by atoms with E-state index < -0.39 is 0 Å². The van der Waals surface area contributed by atoms with Crippen LogP contribution in [0, 0.1) is 5.82 Å². The summed E-state index contributed by atoms with van der Waals surface area (Å²) in [6.07, 6.45) is 3.21. The maximum absolute atomic E-state index is 13.2. The van der Waals surface area contributed by atoms with Crippen LogP contribution in [0.4, 0.5) is 4.39 Å². The molecule has 1 aromatic rings. The lowest BCUT2D eigenvalue weighted by Gasteiger charge is -2.14. The second-order valence-electron chi connectivity index (χ2n) is 3.31. The van der Waals surface area contributed by atoms with Gasteiger partial charge in [0.2, 0.25) is 0 Å². The van der Waals surface area contributed by atoms with Crippen molar-refractivity contribution in [2.45, 2.75) is 18.9 Å². The van der Waals surface area contributed by atoms with Gasteiger partial charge in [-0.25, -0.2) is 4.39 Å². The van der Waals surface area contributed by atoms with E-state index in [1.165, 1.54) is 6.07 Å². The van der Waals surface area contributed by atoms with Gasteiger partial charge in [0.25, 0.3) is 0 Å². The van der Waals surface area contributed by atoms with E-state index in [2.05, 4.69) is 27.9 Å². The summed E-state index contributed by atoms with van der Waals surface area (Å²) in [7, 11) is 0. The summed E-state index contributed by atoms with van der Waals surface area (Å²) >= 11 is 3.22. The van der Waals surface area contributed by atoms with E-state index in [4.69, 9.17) is 5.84 Å². The predicted octanol–water partition coefficient (Wildman–Crippen LogP) is 2.54. The second kappa shape index (κ2) is 6.00. The summed E-state index contributed by atoms with van der Waals surface area (Å²) in [5, 5.41) is 0. The second-order valence-corrected chi connectivity index (χ2v) is 4.10. The Hall–Kier alpha value is -0.710. The van der Waals surface area contributed by atoms with Gasteiger partial charge in [-0.1, -0.05) is 18.2 Å². The third-order valence-electron chi connectivity index (χ3n) is 2.18. The zero-order chi connectivity index (χ0) is 11.3. The van der Waals surface area contributed by atoms with Crippen LogP contribution in [-0.2, 0) is 6.42 Å². The molecule has 0 aromatic heterocycles. The van der Waals surface area contributed by atoms with E-state index in [9.17, 15) is 4.39 Å². The molecule has 0 saturated heterocycles. The molecule has 0 bridgehead atoms. The van der Waals surface area contributed by atoms with Crippen LogP contribution in [0.1, 0.15) is 12.0 Å². The van der Waals surface area contributed by atoms with Crippen molar-refractivity contribution in [3.8, 4) is 0 Å². The van der Waals surface area contributed by atoms with Crippen molar-refractivity contribution >= 4 is 15.9 Å². The molecule has 4 heteroatoms. The molecule has 82 valence electrons. The highest BCUT2D eigenvalue weighted by Crippen LogP contribution is 2.22. The van der Waals surface area contributed by atoms with Crippen LogP contribution in [0.25, 0.3) is 0 Å². The highest BCUT2D eigenvalue weighted by molar-refractivity contribution is 9.10. The van der Waals surface area contributed by atoms with Gasteiger partial charge in [-0.3, -0.25) is 11.3 Å². The Labute approximate surface area is 97.5 Å². The summed E-state index contributed by atoms with van der Waals surface area (Å²) in [5.41, 5.74) is 3.59. The van der Waals surface area contributed by atoms with Crippen molar-refractivity contribution in [3.05, 3.63) is 46.7 Å². The zero-order valence-corrected chi connectivity index (χ0v) is 9.93. The molecule has 0 aliphatic rings. The van der Waals surface area contributed by atoms with Crippen LogP contribution in [0.15, 0.2) is 35.3 Å². The Morgan fingerprint density at radius 1 is 1.60 bits per heavy atom. The number of benzene rings is 1. The molecule has 0 fully saturated rings. The molecule has 0 heterocycles. The van der Waals surface area contributed by atoms with E-state index in [-0.39, 0.29) is 11.9 Å². The number of hydrogen-bond acceptors (Lipinski definition) is 2. The molecule has 15 heavy (non-hydrogen) atoms. The van der Waals surface area contributed by atoms with Crippen LogP contribution in [-0.4, -0.2) is 6.04 Å². The molecule has 0 saturated carbocycles. The summed E-state index contributed by atoms with van der Waals surface area (Å²) in [4.78, 5) is 0. The Morgan fingerprint density at radius 3 is 2.93 bits per heavy atom. The average Bonchev–Trinajstić information content (AvgIpc) is 2.24. The van der Waals surface area contributed by atoms with Crippen molar-refractivity contribution < 1.29 is 4.39 Å². The van der Waals surface area contributed by atoms with Gasteiger partial charge in [0.15, 0.2) is 0 Å². The number of hydrogen-bond donors (Lipinski definition) is 2. The van der Waals surface area contributed by atoms with Gasteiger partial charge in [0, 0.05) is 6.04 Å². The minimum Gasteiger partial charge on any atom is -0.271 e. The van der Waals surface area contributed by atoms with E-state index in [0.29, 0.717) is 10.9 Å². The topological polar surface area (TPSA) is 38.0 Å². The largest absolute Gasteiger partial charge is 0.271 e. The summed E-state index contributed by atoms with van der Waals surface area (Å²) in [6.45, 7) is 3.65. The first kappa shape index (κ1) is 12.4. The van der Waals surface area contributed by atoms with Gasteiger partial charge in [0.05, 0.1) is 4.47 Å². The number of nitrogens with two attached hydrogens (primary N) is 1. The molecule has 1 unspecified atom stereocenters. The highest BCUT2D eigenvalue weighted by Gasteiger charge is 2.10. The zero-order valence-electron chi connectivity index (χ0n) is 8.34. The molecule has 0 aliphatic carbocycles. The third-order valence-corrected chi connectivity index (χ3v) is 3.07. The number of nitrogens with one attached hydrogen (secondary N) is 1. The van der Waals surface area contributed by atoms with E-state index >= 15 is 0 Å². The molecule has 0 radical (unpaired) electrons. The van der Waals surface area contributed by atoms with Gasteiger partial charge < -0.3 is 0 Å². The van der Waals surface area contributed by atoms with Crippen LogP contribution < -0.4 is 11.3 Å². The molecule has 3 N–H and O–H groups in total. The van der Waals surface area contributed by atoms with E-state index in [0.717, 1.165) is 12.0 Å². The van der Waals surface area contributed by atoms with Crippen molar-refractivity contribution in [2.24, 2.45) is 5.84 Å². The number of rotatable bonds is 5. The molecule has 1 aromatic carbocycles. The molecule has 1 atom stereocenters. The average molecular weight is 273 g/mol. The lowest BCUT2D eigenvalue weighted by Crippen LogP contribution is -2.36. The van der Waals surface area contributed by atoms with Crippen molar-refractivity contribution in [1.29, 1.82) is 0 Å². The van der Waals surface area contributed by atoms with Crippen molar-refractivity contribution in [3.63, 3.8) is 0 Å². The first-order valence-corrected chi connectivity index (χ1v) is 5.48. The van der Waals surface area contributed by atoms with Gasteiger partial charge >= 0.3 is 0 Å². The Kier molecular flexibility index (Phi) is 4.94. The van der Waals surface area contributed by atoms with Crippen LogP contribution >= 0.6 is 15.9 Å². The van der Waals surface area contributed by atoms with Crippen molar-refractivity contribution in [1.82, 2.24) is 5.43 Å².